The van der Waals surface area contributed by atoms with Crippen LogP contribution in [0.3, 0.4) is 0 Å². The first kappa shape index (κ1) is 31.5. The van der Waals surface area contributed by atoms with Crippen LogP contribution in [0.15, 0.2) is 24.3 Å². The number of hydrogen-bond donors (Lipinski definition) is 8. The Bertz CT molecular complexity index is 858. The van der Waals surface area contributed by atoms with Gasteiger partial charge in [0, 0.05) is 12.2 Å². The number of carboxylic acids is 1. The van der Waals surface area contributed by atoms with Crippen molar-refractivity contribution < 1.29 is 29.4 Å². The van der Waals surface area contributed by atoms with E-state index < -0.39 is 47.9 Å². The van der Waals surface area contributed by atoms with Gasteiger partial charge in [-0.25, -0.2) is 4.79 Å². The highest BCUT2D eigenvalue weighted by Gasteiger charge is 2.30. The summed E-state index contributed by atoms with van der Waals surface area (Å²) in [7, 11) is 0. The molecule has 36 heavy (non-hydrogen) atoms. The van der Waals surface area contributed by atoms with Crippen LogP contribution in [-0.2, 0) is 25.6 Å². The average molecular weight is 544 g/mol. The normalized spacial score (nSPS) is 14.2. The van der Waals surface area contributed by atoms with Crippen LogP contribution in [0.1, 0.15) is 31.2 Å². The summed E-state index contributed by atoms with van der Waals surface area (Å²) in [6, 6.07) is 1.97. The van der Waals surface area contributed by atoms with E-state index in [0.717, 1.165) is 0 Å². The monoisotopic (exact) mass is 543 g/mol. The standard InChI is InChI=1S/C23H37N5O6S2/c1-36-11-9-18(23(33)34)27-21(31)17(4-2-3-10-24)26-22(32)19(28-20(30)16(25)13-35)12-14-5-7-15(29)8-6-14/h5-8,16-19,29,35H,2-4,9-13,24-25H2,1H3,(H,26,32)(H,27,31)(H,28,30)(H,33,34). The maximum Gasteiger partial charge on any atom is 0.326 e. The molecule has 0 fully saturated rings. The molecule has 13 heteroatoms. The van der Waals surface area contributed by atoms with E-state index in [4.69, 9.17) is 11.5 Å². The summed E-state index contributed by atoms with van der Waals surface area (Å²) < 4.78 is 0. The highest BCUT2D eigenvalue weighted by Crippen LogP contribution is 2.12. The molecular formula is C23H37N5O6S2. The fourth-order valence-electron chi connectivity index (χ4n) is 3.24. The van der Waals surface area contributed by atoms with Gasteiger partial charge in [-0.2, -0.15) is 24.4 Å². The van der Waals surface area contributed by atoms with Gasteiger partial charge in [0.15, 0.2) is 0 Å². The Balaban J connectivity index is 3.08. The molecule has 0 radical (unpaired) electrons. The Labute approximate surface area is 220 Å². The molecule has 0 aromatic heterocycles. The Kier molecular flexibility index (Phi) is 14.9. The number of carbonyl (C=O) groups excluding carboxylic acids is 3. The number of phenolic OH excluding ortho intramolecular Hbond substituents is 1. The van der Waals surface area contributed by atoms with E-state index in [9.17, 15) is 29.4 Å². The van der Waals surface area contributed by atoms with Crippen molar-refractivity contribution in [1.82, 2.24) is 16.0 Å². The summed E-state index contributed by atoms with van der Waals surface area (Å²) in [5, 5.41) is 26.7. The summed E-state index contributed by atoms with van der Waals surface area (Å²) in [4.78, 5) is 50.2. The molecule has 4 unspecified atom stereocenters. The maximum atomic E-state index is 13.2. The molecule has 3 amide bonds. The van der Waals surface area contributed by atoms with Crippen LogP contribution < -0.4 is 27.4 Å². The van der Waals surface area contributed by atoms with E-state index in [0.29, 0.717) is 30.7 Å². The van der Waals surface area contributed by atoms with Crippen molar-refractivity contribution in [3.63, 3.8) is 0 Å². The molecule has 1 rings (SSSR count). The number of thioether (sulfide) groups is 1. The van der Waals surface area contributed by atoms with Crippen LogP contribution in [-0.4, -0.2) is 82.4 Å². The van der Waals surface area contributed by atoms with Gasteiger partial charge in [0.25, 0.3) is 0 Å². The molecule has 0 saturated heterocycles. The number of amides is 3. The fraction of sp³-hybridized carbons (Fsp3) is 0.565. The third-order valence-electron chi connectivity index (χ3n) is 5.35. The highest BCUT2D eigenvalue weighted by atomic mass is 32.2. The van der Waals surface area contributed by atoms with E-state index in [2.05, 4.69) is 28.6 Å². The topological polar surface area (TPSA) is 197 Å². The van der Waals surface area contributed by atoms with Gasteiger partial charge in [0.2, 0.25) is 17.7 Å². The zero-order chi connectivity index (χ0) is 27.1. The lowest BCUT2D eigenvalue weighted by molar-refractivity contribution is -0.142. The molecular weight excluding hydrogens is 506 g/mol. The van der Waals surface area contributed by atoms with Gasteiger partial charge in [0.1, 0.15) is 23.9 Å². The molecule has 9 N–H and O–H groups in total. The van der Waals surface area contributed by atoms with Gasteiger partial charge in [-0.05, 0) is 61.9 Å². The van der Waals surface area contributed by atoms with Crippen LogP contribution in [0.5, 0.6) is 5.75 Å². The van der Waals surface area contributed by atoms with E-state index >= 15 is 0 Å². The number of unbranched alkanes of at least 4 members (excludes halogenated alkanes) is 1. The number of thiol groups is 1. The summed E-state index contributed by atoms with van der Waals surface area (Å²) in [6.07, 6.45) is 3.50. The number of rotatable bonds is 17. The van der Waals surface area contributed by atoms with Crippen molar-refractivity contribution in [3.8, 4) is 5.75 Å². The zero-order valence-corrected chi connectivity index (χ0v) is 22.0. The minimum Gasteiger partial charge on any atom is -0.508 e. The van der Waals surface area contributed by atoms with Crippen LogP contribution in [0.4, 0.5) is 0 Å². The van der Waals surface area contributed by atoms with Gasteiger partial charge >= 0.3 is 5.97 Å². The van der Waals surface area contributed by atoms with Crippen molar-refractivity contribution in [2.24, 2.45) is 11.5 Å². The molecule has 0 saturated carbocycles. The second-order valence-electron chi connectivity index (χ2n) is 8.25. The van der Waals surface area contributed by atoms with Gasteiger partial charge < -0.3 is 37.6 Å². The Hall–Kier alpha value is -2.48. The predicted molar refractivity (Wildman–Crippen MR) is 143 cm³/mol. The highest BCUT2D eigenvalue weighted by molar-refractivity contribution is 7.98. The second kappa shape index (κ2) is 17.1. The van der Waals surface area contributed by atoms with Gasteiger partial charge in [0.05, 0.1) is 6.04 Å². The fourth-order valence-corrected chi connectivity index (χ4v) is 3.88. The first-order chi connectivity index (χ1) is 17.1. The molecule has 0 aliphatic rings. The molecule has 11 nitrogen and oxygen atoms in total. The van der Waals surface area contributed by atoms with Crippen molar-refractivity contribution in [1.29, 1.82) is 0 Å². The SMILES string of the molecule is CSCCC(NC(=O)C(CCCCN)NC(=O)C(Cc1ccc(O)cc1)NC(=O)C(N)CS)C(=O)O. The van der Waals surface area contributed by atoms with Crippen LogP contribution >= 0.6 is 24.4 Å². The molecule has 1 aromatic carbocycles. The smallest absolute Gasteiger partial charge is 0.326 e. The number of hydrogen-bond acceptors (Lipinski definition) is 9. The number of carboxylic acid groups (broad SMARTS) is 1. The summed E-state index contributed by atoms with van der Waals surface area (Å²) in [5.41, 5.74) is 12.0. The van der Waals surface area contributed by atoms with Gasteiger partial charge in [-0.3, -0.25) is 14.4 Å². The van der Waals surface area contributed by atoms with Gasteiger partial charge in [-0.1, -0.05) is 12.1 Å². The maximum absolute atomic E-state index is 13.2. The van der Waals surface area contributed by atoms with E-state index in [1.54, 1.807) is 12.1 Å². The van der Waals surface area contributed by atoms with Crippen LogP contribution in [0, 0.1) is 0 Å². The van der Waals surface area contributed by atoms with Crippen molar-refractivity contribution in [3.05, 3.63) is 29.8 Å². The zero-order valence-electron chi connectivity index (χ0n) is 20.3. The molecule has 0 spiro atoms. The first-order valence-corrected chi connectivity index (χ1v) is 13.6. The van der Waals surface area contributed by atoms with E-state index in [-0.39, 0.29) is 30.8 Å². The lowest BCUT2D eigenvalue weighted by Gasteiger charge is -2.25. The number of nitrogens with two attached hydrogens (primary N) is 2. The number of aromatic hydroxyl groups is 1. The quantitative estimate of drug-likeness (QED) is 0.0953. The third-order valence-corrected chi connectivity index (χ3v) is 6.39. The lowest BCUT2D eigenvalue weighted by Crippen LogP contribution is -2.57. The Morgan fingerprint density at radius 3 is 2.08 bits per heavy atom. The summed E-state index contributed by atoms with van der Waals surface area (Å²) in [6.45, 7) is 0.398. The largest absolute Gasteiger partial charge is 0.508 e. The molecule has 4 atom stereocenters. The number of carbonyl (C=O) groups is 4. The number of phenols is 1. The van der Waals surface area contributed by atoms with Crippen molar-refractivity contribution >= 4 is 48.1 Å². The number of benzene rings is 1. The molecule has 202 valence electrons. The first-order valence-electron chi connectivity index (χ1n) is 11.6. The van der Waals surface area contributed by atoms with Crippen LogP contribution in [0.25, 0.3) is 0 Å². The van der Waals surface area contributed by atoms with Crippen molar-refractivity contribution in [2.45, 2.75) is 56.3 Å². The minimum atomic E-state index is -1.16. The Morgan fingerprint density at radius 1 is 0.944 bits per heavy atom. The summed E-state index contributed by atoms with van der Waals surface area (Å²) in [5.74, 6) is -2.36. The molecule has 0 aliphatic heterocycles. The van der Waals surface area contributed by atoms with Crippen molar-refractivity contribution in [2.75, 3.05) is 24.3 Å². The molecule has 0 aliphatic carbocycles. The summed E-state index contributed by atoms with van der Waals surface area (Å²) >= 11 is 5.47. The van der Waals surface area contributed by atoms with Crippen LogP contribution in [0.2, 0.25) is 0 Å². The van der Waals surface area contributed by atoms with Gasteiger partial charge in [-0.15, -0.1) is 0 Å². The third kappa shape index (κ3) is 11.5. The number of aliphatic carboxylic acids is 1. The predicted octanol–water partition coefficient (Wildman–Crippen LogP) is -0.387. The Morgan fingerprint density at radius 2 is 1.53 bits per heavy atom. The van der Waals surface area contributed by atoms with E-state index in [1.807, 2.05) is 6.26 Å². The average Bonchev–Trinajstić information content (AvgIpc) is 2.85. The minimum absolute atomic E-state index is 0.0481. The number of nitrogens with one attached hydrogen (secondary N) is 3. The second-order valence-corrected chi connectivity index (χ2v) is 9.60. The molecule has 0 heterocycles. The lowest BCUT2D eigenvalue weighted by atomic mass is 10.0. The molecule has 1 aromatic rings. The molecule has 0 bridgehead atoms. The van der Waals surface area contributed by atoms with E-state index in [1.165, 1.54) is 23.9 Å².